The molecule has 1 N–H and O–H groups in total. The number of nitrogens with zero attached hydrogens (tertiary/aromatic N) is 5. The summed E-state index contributed by atoms with van der Waals surface area (Å²) in [6.45, 7) is 6.81. The van der Waals surface area contributed by atoms with Crippen molar-refractivity contribution >= 4 is 48.8 Å². The predicted octanol–water partition coefficient (Wildman–Crippen LogP) is 2.11. The van der Waals surface area contributed by atoms with Gasteiger partial charge in [0.05, 0.1) is 21.6 Å². The molecule has 3 heterocycles. The fourth-order valence-corrected chi connectivity index (χ4v) is 4.68. The molecular formula is C23H31F3N6O9PoS. The van der Waals surface area contributed by atoms with Gasteiger partial charge in [-0.15, -0.1) is 0 Å². The summed E-state index contributed by atoms with van der Waals surface area (Å²) in [4.78, 5) is 30.3. The Morgan fingerprint density at radius 3 is 2.44 bits per heavy atom. The van der Waals surface area contributed by atoms with Crippen LogP contribution >= 0.6 is 0 Å². The second kappa shape index (κ2) is 13.1. The SMILES string of the molecule is CC(OC(=O)OC(C)(C)C)On1on1N1CCC[C@H]1COC(=O)NS(=O)(=O)c1ccc(-n2ccc(C(F)(F)F)n2)cc1.[PoH2]. The Hall–Kier alpha value is -3.39. The molecule has 1 aromatic carbocycles. The normalized spacial score (nSPS) is 16.3. The number of nitrogens with one attached hydrogen (secondary N) is 1. The number of carbonyl (C=O) groups excluding carboxylic acids is 2. The van der Waals surface area contributed by atoms with Crippen LogP contribution in [0.1, 0.15) is 46.2 Å². The molecular weight excluding hydrogens is 802 g/mol. The monoisotopic (exact) mass is 833 g/mol. The first-order chi connectivity index (χ1) is 19.5. The molecule has 2 aromatic heterocycles. The number of ether oxygens (including phenoxy) is 3. The third-order valence-electron chi connectivity index (χ3n) is 5.63. The third-order valence-corrected chi connectivity index (χ3v) is 6.96. The van der Waals surface area contributed by atoms with Gasteiger partial charge in [0.2, 0.25) is 0 Å². The molecule has 2 atom stereocenters. The summed E-state index contributed by atoms with van der Waals surface area (Å²) in [5.74, 6) is 0. The molecule has 1 amide bonds. The molecule has 15 nitrogen and oxygen atoms in total. The molecule has 3 aromatic rings. The molecule has 1 fully saturated rings. The van der Waals surface area contributed by atoms with Crippen LogP contribution in [-0.2, 0) is 30.4 Å². The maximum atomic E-state index is 12.8. The number of benzene rings is 1. The van der Waals surface area contributed by atoms with Crippen LogP contribution in [0.25, 0.3) is 5.69 Å². The zero-order chi connectivity index (χ0) is 30.9. The number of amides is 1. The summed E-state index contributed by atoms with van der Waals surface area (Å²) in [5.41, 5.74) is -1.67. The van der Waals surface area contributed by atoms with Crippen LogP contribution in [0.2, 0.25) is 0 Å². The summed E-state index contributed by atoms with van der Waals surface area (Å²) >= 11 is 0. The molecule has 43 heavy (non-hydrogen) atoms. The molecule has 1 aliphatic heterocycles. The fraction of sp³-hybridized carbons (Fsp3) is 0.522. The van der Waals surface area contributed by atoms with E-state index in [1.165, 1.54) is 24.0 Å². The number of sulfonamides is 1. The van der Waals surface area contributed by atoms with Crippen molar-refractivity contribution in [1.82, 2.24) is 24.5 Å². The van der Waals surface area contributed by atoms with Gasteiger partial charge in [-0.2, -0.15) is 22.9 Å². The summed E-state index contributed by atoms with van der Waals surface area (Å²) in [6.07, 6.45) is -5.45. The van der Waals surface area contributed by atoms with Crippen LogP contribution in [0.5, 0.6) is 0 Å². The fourth-order valence-electron chi connectivity index (χ4n) is 3.79. The van der Waals surface area contributed by atoms with Crippen LogP contribution in [0.4, 0.5) is 22.8 Å². The Bertz CT molecular complexity index is 1490. The van der Waals surface area contributed by atoms with E-state index in [1.807, 2.05) is 0 Å². The van der Waals surface area contributed by atoms with Gasteiger partial charge in [-0.05, 0) is 63.9 Å². The minimum absolute atomic E-state index is 0. The van der Waals surface area contributed by atoms with Gasteiger partial charge in [-0.25, -0.2) is 27.4 Å². The number of aromatic nitrogens is 4. The summed E-state index contributed by atoms with van der Waals surface area (Å²) in [5, 5.41) is 6.04. The van der Waals surface area contributed by atoms with E-state index < -0.39 is 46.0 Å². The van der Waals surface area contributed by atoms with Gasteiger partial charge >= 0.3 is 45.0 Å². The molecule has 1 unspecified atom stereocenters. The average molecular weight is 834 g/mol. The molecule has 0 radical (unpaired) electrons. The Labute approximate surface area is 263 Å². The first-order valence-corrected chi connectivity index (χ1v) is 14.0. The third kappa shape index (κ3) is 9.29. The maximum absolute atomic E-state index is 12.8. The van der Waals surface area contributed by atoms with E-state index in [9.17, 15) is 31.2 Å². The van der Waals surface area contributed by atoms with Crippen molar-refractivity contribution in [2.24, 2.45) is 0 Å². The summed E-state index contributed by atoms with van der Waals surface area (Å²) in [7, 11) is -4.35. The van der Waals surface area contributed by atoms with E-state index >= 15 is 0 Å². The van der Waals surface area contributed by atoms with Crippen molar-refractivity contribution < 1.29 is 54.9 Å². The Morgan fingerprint density at radius 2 is 1.84 bits per heavy atom. The summed E-state index contributed by atoms with van der Waals surface area (Å²) < 4.78 is 86.7. The van der Waals surface area contributed by atoms with Gasteiger partial charge < -0.3 is 19.0 Å². The van der Waals surface area contributed by atoms with Crippen molar-refractivity contribution in [3.8, 4) is 5.69 Å². The number of carbonyl (C=O) groups is 2. The van der Waals surface area contributed by atoms with Gasteiger partial charge in [-0.1, -0.05) is 0 Å². The zero-order valence-electron chi connectivity index (χ0n) is 23.4. The standard InChI is InChI=1S/C23H29F3N6O9S.Po.2H/c1-15(38-21(34)39-22(2,3)4)40-32-31(41-32)30-12-5-6-17(30)14-37-20(33)28-42(35,36)18-9-7-16(8-10-18)29-13-11-19(27-29)23(24,25)26;;;/h7-11,13,15,17H,5-6,12,14H2,1-4H3,(H,28,33);;;/t15?,17-,31?,32?;;;/m0.../s1. The molecule has 0 aliphatic carbocycles. The number of hydrogen-bond acceptors (Lipinski definition) is 11. The average Bonchev–Trinajstić information content (AvgIpc) is 3.25. The molecule has 0 spiro atoms. The number of halogens is 3. The second-order valence-corrected chi connectivity index (χ2v) is 11.8. The Kier molecular flexibility index (Phi) is 10.4. The van der Waals surface area contributed by atoms with Crippen LogP contribution in [0.15, 0.2) is 46.1 Å². The van der Waals surface area contributed by atoms with E-state index in [0.717, 1.165) is 34.1 Å². The van der Waals surface area contributed by atoms with Crippen molar-refractivity contribution in [3.05, 3.63) is 42.2 Å². The van der Waals surface area contributed by atoms with Crippen LogP contribution < -0.4 is 14.6 Å². The molecule has 20 heteroatoms. The van der Waals surface area contributed by atoms with E-state index in [1.54, 1.807) is 30.5 Å². The van der Waals surface area contributed by atoms with E-state index in [0.29, 0.717) is 19.4 Å². The predicted molar refractivity (Wildman–Crippen MR) is 143 cm³/mol. The van der Waals surface area contributed by atoms with Gasteiger partial charge in [-0.3, -0.25) is 5.01 Å². The number of alkyl halides is 3. The van der Waals surface area contributed by atoms with Crippen molar-refractivity contribution in [3.63, 3.8) is 0 Å². The van der Waals surface area contributed by atoms with Gasteiger partial charge in [0.25, 0.3) is 16.3 Å². The van der Waals surface area contributed by atoms with Gasteiger partial charge in [0, 0.05) is 19.7 Å². The quantitative estimate of drug-likeness (QED) is 0.249. The second-order valence-electron chi connectivity index (χ2n) is 10.1. The van der Waals surface area contributed by atoms with Crippen molar-refractivity contribution in [2.45, 2.75) is 69.5 Å². The van der Waals surface area contributed by atoms with E-state index in [-0.39, 0.29) is 49.8 Å². The number of hydrogen-bond donors (Lipinski definition) is 1. The van der Waals surface area contributed by atoms with Crippen molar-refractivity contribution in [1.29, 1.82) is 0 Å². The molecule has 1 saturated heterocycles. The molecule has 4 rings (SSSR count). The topological polar surface area (TPSA) is 161 Å². The first-order valence-electron chi connectivity index (χ1n) is 12.6. The molecule has 1 aliphatic rings. The van der Waals surface area contributed by atoms with E-state index in [2.05, 4.69) is 5.10 Å². The Balaban J connectivity index is 0.00000506. The van der Waals surface area contributed by atoms with Crippen LogP contribution in [0.3, 0.4) is 0 Å². The molecule has 0 saturated carbocycles. The summed E-state index contributed by atoms with van der Waals surface area (Å²) in [6, 6.07) is 5.09. The van der Waals surface area contributed by atoms with Crippen LogP contribution in [0, 0.1) is 0 Å². The van der Waals surface area contributed by atoms with Crippen LogP contribution in [-0.4, -0.2) is 98.1 Å². The first kappa shape index (κ1) is 34.1. The van der Waals surface area contributed by atoms with Gasteiger partial charge in [0.15, 0.2) is 5.69 Å². The zero-order valence-corrected chi connectivity index (χ0v) is 28.1. The number of rotatable bonds is 9. The van der Waals surface area contributed by atoms with E-state index in [4.69, 9.17) is 23.7 Å². The minimum atomic E-state index is -4.62. The molecule has 0 bridgehead atoms. The molecule has 240 valence electrons. The van der Waals surface area contributed by atoms with Crippen molar-refractivity contribution in [2.75, 3.05) is 18.2 Å². The van der Waals surface area contributed by atoms with Gasteiger partial charge in [0.1, 0.15) is 17.2 Å². The Morgan fingerprint density at radius 1 is 1.16 bits per heavy atom.